The minimum absolute atomic E-state index is 0.0660. The normalized spacial score (nSPS) is 13.6. The average molecular weight is 521 g/mol. The average Bonchev–Trinajstić information content (AvgIpc) is 3.39. The van der Waals surface area contributed by atoms with Gasteiger partial charge >= 0.3 is 5.97 Å². The molecule has 5 rings (SSSR count). The third-order valence-electron chi connectivity index (χ3n) is 5.25. The Kier molecular flexibility index (Phi) is 5.59. The smallest absolute Gasteiger partial charge is 0.379 e. The Labute approximate surface area is 202 Å². The second-order valence-corrected chi connectivity index (χ2v) is 8.30. The van der Waals surface area contributed by atoms with E-state index in [1.165, 1.54) is 19.2 Å². The van der Waals surface area contributed by atoms with Gasteiger partial charge in [-0.2, -0.15) is 0 Å². The maximum absolute atomic E-state index is 12.8. The number of esters is 1. The van der Waals surface area contributed by atoms with Crippen molar-refractivity contribution in [3.8, 4) is 23.0 Å². The minimum atomic E-state index is -0.659. The molecule has 1 aliphatic heterocycles. The highest BCUT2D eigenvalue weighted by Gasteiger charge is 2.29. The number of rotatable bonds is 5. The molecule has 0 unspecified atom stereocenters. The number of carbonyl (C=O) groups is 2. The summed E-state index contributed by atoms with van der Waals surface area (Å²) >= 11 is 3.39. The third kappa shape index (κ3) is 4.04. The zero-order chi connectivity index (χ0) is 23.8. The van der Waals surface area contributed by atoms with Crippen molar-refractivity contribution in [2.45, 2.75) is 0 Å². The van der Waals surface area contributed by atoms with E-state index in [9.17, 15) is 9.59 Å². The van der Waals surface area contributed by atoms with Gasteiger partial charge in [0, 0.05) is 21.5 Å². The predicted octanol–water partition coefficient (Wildman–Crippen LogP) is 6.05. The van der Waals surface area contributed by atoms with Crippen LogP contribution in [0.15, 0.2) is 75.3 Å². The van der Waals surface area contributed by atoms with Crippen LogP contribution in [-0.4, -0.2) is 26.0 Å². The molecule has 0 aliphatic carbocycles. The van der Waals surface area contributed by atoms with Crippen molar-refractivity contribution in [2.24, 2.45) is 0 Å². The van der Waals surface area contributed by atoms with Crippen LogP contribution in [0.5, 0.6) is 23.0 Å². The number of ketones is 1. The largest absolute Gasteiger partial charge is 0.497 e. The molecule has 4 aromatic rings. The SMILES string of the molecule is COc1ccc(OC)c(/C=C2\Oc3cc(OC(=O)c4cc5cc(Br)ccc5o4)ccc3C2=O)c1. The fourth-order valence-electron chi connectivity index (χ4n) is 3.60. The minimum Gasteiger partial charge on any atom is -0.497 e. The lowest BCUT2D eigenvalue weighted by atomic mass is 10.1. The Morgan fingerprint density at radius 1 is 0.941 bits per heavy atom. The summed E-state index contributed by atoms with van der Waals surface area (Å²) < 4.78 is 28.3. The summed E-state index contributed by atoms with van der Waals surface area (Å²) in [4.78, 5) is 25.4. The van der Waals surface area contributed by atoms with Crippen LogP contribution in [0.1, 0.15) is 26.5 Å². The molecule has 0 bridgehead atoms. The van der Waals surface area contributed by atoms with Gasteiger partial charge in [-0.3, -0.25) is 4.79 Å². The molecule has 0 radical (unpaired) electrons. The van der Waals surface area contributed by atoms with Crippen LogP contribution in [-0.2, 0) is 0 Å². The first kappa shape index (κ1) is 21.8. The van der Waals surface area contributed by atoms with Crippen molar-refractivity contribution in [2.75, 3.05) is 14.2 Å². The number of allylic oxidation sites excluding steroid dienone is 1. The summed E-state index contributed by atoms with van der Waals surface area (Å²) in [5, 5.41) is 0.770. The van der Waals surface area contributed by atoms with Crippen molar-refractivity contribution in [1.82, 2.24) is 0 Å². The molecule has 0 spiro atoms. The first-order chi connectivity index (χ1) is 16.4. The van der Waals surface area contributed by atoms with Gasteiger partial charge in [-0.25, -0.2) is 4.79 Å². The van der Waals surface area contributed by atoms with E-state index >= 15 is 0 Å². The van der Waals surface area contributed by atoms with Gasteiger partial charge in [0.1, 0.15) is 28.6 Å². The number of ether oxygens (including phenoxy) is 4. The number of methoxy groups -OCH3 is 2. The zero-order valence-electron chi connectivity index (χ0n) is 18.1. The van der Waals surface area contributed by atoms with E-state index in [2.05, 4.69) is 15.9 Å². The van der Waals surface area contributed by atoms with Crippen molar-refractivity contribution in [3.63, 3.8) is 0 Å². The van der Waals surface area contributed by atoms with Crippen molar-refractivity contribution in [3.05, 3.63) is 87.8 Å². The molecule has 2 heterocycles. The Morgan fingerprint density at radius 3 is 2.56 bits per heavy atom. The lowest BCUT2D eigenvalue weighted by Crippen LogP contribution is -2.07. The number of halogens is 1. The molecule has 3 aromatic carbocycles. The molecule has 8 heteroatoms. The summed E-state index contributed by atoms with van der Waals surface area (Å²) in [6, 6.07) is 16.9. The van der Waals surface area contributed by atoms with Gasteiger partial charge in [-0.05, 0) is 60.7 Å². The lowest BCUT2D eigenvalue weighted by Gasteiger charge is -2.08. The highest BCUT2D eigenvalue weighted by atomic mass is 79.9. The predicted molar refractivity (Wildman–Crippen MR) is 128 cm³/mol. The van der Waals surface area contributed by atoms with Gasteiger partial charge in [0.15, 0.2) is 5.76 Å². The maximum atomic E-state index is 12.8. The van der Waals surface area contributed by atoms with Crippen LogP contribution >= 0.6 is 15.9 Å². The molecule has 34 heavy (non-hydrogen) atoms. The fraction of sp³-hybridized carbons (Fsp3) is 0.0769. The monoisotopic (exact) mass is 520 g/mol. The van der Waals surface area contributed by atoms with Gasteiger partial charge in [0.2, 0.25) is 11.5 Å². The molecule has 0 fully saturated rings. The summed E-state index contributed by atoms with van der Waals surface area (Å²) in [5.41, 5.74) is 1.56. The molecule has 0 saturated carbocycles. The van der Waals surface area contributed by atoms with Crippen LogP contribution in [0, 0.1) is 0 Å². The molecule has 0 saturated heterocycles. The first-order valence-electron chi connectivity index (χ1n) is 10.2. The number of carbonyl (C=O) groups excluding carboxylic acids is 2. The van der Waals surface area contributed by atoms with Gasteiger partial charge in [0.25, 0.3) is 0 Å². The van der Waals surface area contributed by atoms with E-state index in [0.29, 0.717) is 28.2 Å². The van der Waals surface area contributed by atoms with Crippen LogP contribution < -0.4 is 18.9 Å². The number of fused-ring (bicyclic) bond motifs is 2. The van der Waals surface area contributed by atoms with Gasteiger partial charge in [-0.15, -0.1) is 0 Å². The quantitative estimate of drug-likeness (QED) is 0.180. The van der Waals surface area contributed by atoms with Crippen LogP contribution in [0.25, 0.3) is 17.0 Å². The number of furan rings is 1. The van der Waals surface area contributed by atoms with Crippen LogP contribution in [0.3, 0.4) is 0 Å². The first-order valence-corrected chi connectivity index (χ1v) is 11.0. The van der Waals surface area contributed by atoms with E-state index in [1.54, 1.807) is 49.6 Å². The molecule has 170 valence electrons. The molecule has 0 N–H and O–H groups in total. The van der Waals surface area contributed by atoms with Gasteiger partial charge in [-0.1, -0.05) is 15.9 Å². The van der Waals surface area contributed by atoms with E-state index in [0.717, 1.165) is 9.86 Å². The topological polar surface area (TPSA) is 84.2 Å². The summed E-state index contributed by atoms with van der Waals surface area (Å²) in [5.74, 6) is 0.921. The van der Waals surface area contributed by atoms with Crippen molar-refractivity contribution in [1.29, 1.82) is 0 Å². The van der Waals surface area contributed by atoms with Crippen molar-refractivity contribution >= 4 is 44.7 Å². The Balaban J connectivity index is 1.39. The molecule has 1 aromatic heterocycles. The third-order valence-corrected chi connectivity index (χ3v) is 5.75. The van der Waals surface area contributed by atoms with E-state index < -0.39 is 5.97 Å². The molecule has 0 amide bonds. The number of benzene rings is 3. The van der Waals surface area contributed by atoms with Crippen molar-refractivity contribution < 1.29 is 33.0 Å². The molecule has 0 atom stereocenters. The molecular weight excluding hydrogens is 504 g/mol. The number of hydrogen-bond donors (Lipinski definition) is 0. The Hall–Kier alpha value is -4.04. The molecule has 7 nitrogen and oxygen atoms in total. The summed E-state index contributed by atoms with van der Waals surface area (Å²) in [6.07, 6.45) is 1.59. The number of hydrogen-bond acceptors (Lipinski definition) is 7. The van der Waals surface area contributed by atoms with E-state index in [4.69, 9.17) is 23.4 Å². The highest BCUT2D eigenvalue weighted by Crippen LogP contribution is 2.36. The standard InChI is InChI=1S/C26H17BrO7/c1-30-17-5-8-20(31-2)15(10-17)11-23-25(28)19-6-4-18(13-22(19)34-23)32-26(29)24-12-14-9-16(27)3-7-21(14)33-24/h3-13H,1-2H3/b23-11-. The zero-order valence-corrected chi connectivity index (χ0v) is 19.7. The van der Waals surface area contributed by atoms with Crippen LogP contribution in [0.4, 0.5) is 0 Å². The van der Waals surface area contributed by atoms with Crippen LogP contribution in [0.2, 0.25) is 0 Å². The second-order valence-electron chi connectivity index (χ2n) is 7.39. The molecule has 1 aliphatic rings. The summed E-state index contributed by atoms with van der Waals surface area (Å²) in [6.45, 7) is 0. The number of Topliss-reactive ketones (excluding diaryl/α,β-unsaturated/α-hetero) is 1. The van der Waals surface area contributed by atoms with E-state index in [-0.39, 0.29) is 28.8 Å². The van der Waals surface area contributed by atoms with Gasteiger partial charge < -0.3 is 23.4 Å². The van der Waals surface area contributed by atoms with Gasteiger partial charge in [0.05, 0.1) is 19.8 Å². The second kappa shape index (κ2) is 8.72. The highest BCUT2D eigenvalue weighted by molar-refractivity contribution is 9.10. The Morgan fingerprint density at radius 2 is 1.76 bits per heavy atom. The maximum Gasteiger partial charge on any atom is 0.379 e. The Bertz CT molecular complexity index is 1480. The lowest BCUT2D eigenvalue weighted by molar-refractivity contribution is 0.0703. The van der Waals surface area contributed by atoms with E-state index in [1.807, 2.05) is 12.1 Å². The fourth-order valence-corrected chi connectivity index (χ4v) is 3.98. The summed E-state index contributed by atoms with van der Waals surface area (Å²) in [7, 11) is 3.09. The molecular formula is C26H17BrO7.